The summed E-state index contributed by atoms with van der Waals surface area (Å²) in [7, 11) is 0. The summed E-state index contributed by atoms with van der Waals surface area (Å²) in [5.74, 6) is -3.01. The molecule has 0 N–H and O–H groups in total. The van der Waals surface area contributed by atoms with Crippen LogP contribution in [0.4, 0.5) is 0 Å². The minimum atomic E-state index is -1.01. The van der Waals surface area contributed by atoms with Gasteiger partial charge in [-0.05, 0) is 0 Å². The zero-order valence-electron chi connectivity index (χ0n) is 9.01. The number of nitrogens with zero attached hydrogens (tertiary/aromatic N) is 1. The van der Waals surface area contributed by atoms with Crippen LogP contribution in [0.25, 0.3) is 0 Å². The number of amides is 2. The summed E-state index contributed by atoms with van der Waals surface area (Å²) in [5.41, 5.74) is 0. The van der Waals surface area contributed by atoms with Crippen molar-refractivity contribution in [1.29, 1.82) is 0 Å². The largest absolute Gasteiger partial charge is 0.461 e. The van der Waals surface area contributed by atoms with Crippen molar-refractivity contribution in [3.05, 3.63) is 12.7 Å². The van der Waals surface area contributed by atoms with Gasteiger partial charge in [0.2, 0.25) is 0 Å². The lowest BCUT2D eigenvalue weighted by Gasteiger charge is -2.11. The molecule has 0 atom stereocenters. The van der Waals surface area contributed by atoms with Crippen molar-refractivity contribution in [1.82, 2.24) is 5.06 Å². The van der Waals surface area contributed by atoms with Crippen LogP contribution in [0.5, 0.6) is 0 Å². The quantitative estimate of drug-likeness (QED) is 0.284. The SMILES string of the molecule is C=CCOC(=O)CC(=O)ON1C(=O)CCC1=O. The number of esters is 1. The summed E-state index contributed by atoms with van der Waals surface area (Å²) in [6.07, 6.45) is 0.696. The zero-order chi connectivity index (χ0) is 12.8. The van der Waals surface area contributed by atoms with Crippen LogP contribution in [0.2, 0.25) is 0 Å². The van der Waals surface area contributed by atoms with Gasteiger partial charge in [-0.2, -0.15) is 0 Å². The highest BCUT2D eigenvalue weighted by Gasteiger charge is 2.33. The number of imide groups is 1. The van der Waals surface area contributed by atoms with Gasteiger partial charge in [-0.15, -0.1) is 5.06 Å². The summed E-state index contributed by atoms with van der Waals surface area (Å²) in [5, 5.41) is 0.378. The fourth-order valence-electron chi connectivity index (χ4n) is 1.11. The van der Waals surface area contributed by atoms with Gasteiger partial charge in [-0.1, -0.05) is 12.7 Å². The van der Waals surface area contributed by atoms with Crippen molar-refractivity contribution in [2.24, 2.45) is 0 Å². The maximum Gasteiger partial charge on any atom is 0.344 e. The van der Waals surface area contributed by atoms with Crippen LogP contribution < -0.4 is 0 Å². The Morgan fingerprint density at radius 1 is 1.24 bits per heavy atom. The molecule has 92 valence electrons. The fraction of sp³-hybridized carbons (Fsp3) is 0.400. The van der Waals surface area contributed by atoms with E-state index in [9.17, 15) is 19.2 Å². The standard InChI is InChI=1S/C10H11NO6/c1-2-5-16-9(14)6-10(15)17-11-7(12)3-4-8(11)13/h2H,1,3-6H2. The molecular weight excluding hydrogens is 230 g/mol. The van der Waals surface area contributed by atoms with E-state index in [-0.39, 0.29) is 19.4 Å². The van der Waals surface area contributed by atoms with Gasteiger partial charge in [-0.25, -0.2) is 4.79 Å². The molecule has 0 aromatic rings. The second-order valence-electron chi connectivity index (χ2n) is 3.19. The third kappa shape index (κ3) is 3.71. The van der Waals surface area contributed by atoms with Crippen molar-refractivity contribution in [3.8, 4) is 0 Å². The molecule has 1 fully saturated rings. The minimum absolute atomic E-state index is 0.00697. The summed E-state index contributed by atoms with van der Waals surface area (Å²) < 4.78 is 4.53. The monoisotopic (exact) mass is 241 g/mol. The molecule has 0 aromatic heterocycles. The van der Waals surface area contributed by atoms with E-state index in [1.54, 1.807) is 0 Å². The summed E-state index contributed by atoms with van der Waals surface area (Å²) >= 11 is 0. The third-order valence-corrected chi connectivity index (χ3v) is 1.85. The minimum Gasteiger partial charge on any atom is -0.461 e. The maximum absolute atomic E-state index is 11.2. The van der Waals surface area contributed by atoms with Gasteiger partial charge in [0, 0.05) is 12.8 Å². The average molecular weight is 241 g/mol. The highest BCUT2D eigenvalue weighted by Crippen LogP contribution is 2.12. The Bertz CT molecular complexity index is 359. The van der Waals surface area contributed by atoms with Crippen LogP contribution in [-0.2, 0) is 28.8 Å². The maximum atomic E-state index is 11.2. The lowest BCUT2D eigenvalue weighted by atomic mass is 10.4. The highest BCUT2D eigenvalue weighted by atomic mass is 16.7. The Morgan fingerprint density at radius 2 is 1.82 bits per heavy atom. The van der Waals surface area contributed by atoms with E-state index in [1.807, 2.05) is 0 Å². The van der Waals surface area contributed by atoms with Crippen LogP contribution in [0.3, 0.4) is 0 Å². The van der Waals surface area contributed by atoms with Crippen molar-refractivity contribution in [3.63, 3.8) is 0 Å². The van der Waals surface area contributed by atoms with E-state index in [4.69, 9.17) is 0 Å². The molecule has 0 spiro atoms. The van der Waals surface area contributed by atoms with Crippen LogP contribution in [0.1, 0.15) is 19.3 Å². The van der Waals surface area contributed by atoms with Crippen molar-refractivity contribution < 1.29 is 28.8 Å². The number of hydrogen-bond donors (Lipinski definition) is 0. The lowest BCUT2D eigenvalue weighted by molar-refractivity contribution is -0.198. The second kappa shape index (κ2) is 5.78. The van der Waals surface area contributed by atoms with Gasteiger partial charge in [0.25, 0.3) is 11.8 Å². The van der Waals surface area contributed by atoms with Gasteiger partial charge in [0.15, 0.2) is 0 Å². The van der Waals surface area contributed by atoms with Gasteiger partial charge in [0.1, 0.15) is 13.0 Å². The molecular formula is C10H11NO6. The first-order chi connectivity index (χ1) is 8.04. The number of hydroxylamine groups is 2. The summed E-state index contributed by atoms with van der Waals surface area (Å²) in [4.78, 5) is 48.8. The number of carbonyl (C=O) groups excluding carboxylic acids is 4. The topological polar surface area (TPSA) is 90.0 Å². The Balaban J connectivity index is 2.39. The molecule has 1 aliphatic heterocycles. The zero-order valence-corrected chi connectivity index (χ0v) is 9.01. The average Bonchev–Trinajstić information content (AvgIpc) is 2.58. The van der Waals surface area contributed by atoms with Gasteiger partial charge >= 0.3 is 11.9 Å². The first-order valence-electron chi connectivity index (χ1n) is 4.87. The molecule has 1 saturated heterocycles. The van der Waals surface area contributed by atoms with Crippen LogP contribution >= 0.6 is 0 Å². The molecule has 1 heterocycles. The van der Waals surface area contributed by atoms with Crippen molar-refractivity contribution in [2.45, 2.75) is 19.3 Å². The van der Waals surface area contributed by atoms with E-state index in [0.717, 1.165) is 0 Å². The Kier molecular flexibility index (Phi) is 4.38. The smallest absolute Gasteiger partial charge is 0.344 e. The number of rotatable bonds is 5. The molecule has 0 saturated carbocycles. The molecule has 7 nitrogen and oxygen atoms in total. The number of ether oxygens (including phenoxy) is 1. The first kappa shape index (κ1) is 12.9. The van der Waals surface area contributed by atoms with Gasteiger partial charge < -0.3 is 9.57 Å². The summed E-state index contributed by atoms with van der Waals surface area (Å²) in [6.45, 7) is 3.30. The number of hydrogen-bond acceptors (Lipinski definition) is 6. The van der Waals surface area contributed by atoms with E-state index in [1.165, 1.54) is 6.08 Å². The third-order valence-electron chi connectivity index (χ3n) is 1.85. The Hall–Kier alpha value is -2.18. The Morgan fingerprint density at radius 3 is 2.35 bits per heavy atom. The Labute approximate surface area is 96.9 Å². The normalized spacial score (nSPS) is 14.7. The molecule has 1 rings (SSSR count). The molecule has 2 amide bonds. The van der Waals surface area contributed by atoms with Crippen molar-refractivity contribution >= 4 is 23.8 Å². The molecule has 7 heteroatoms. The van der Waals surface area contributed by atoms with E-state index in [0.29, 0.717) is 5.06 Å². The van der Waals surface area contributed by atoms with Crippen molar-refractivity contribution in [2.75, 3.05) is 6.61 Å². The van der Waals surface area contributed by atoms with Gasteiger partial charge in [-0.3, -0.25) is 14.4 Å². The van der Waals surface area contributed by atoms with Gasteiger partial charge in [0.05, 0.1) is 0 Å². The highest BCUT2D eigenvalue weighted by molar-refractivity contribution is 6.02. The van der Waals surface area contributed by atoms with E-state index >= 15 is 0 Å². The summed E-state index contributed by atoms with van der Waals surface area (Å²) in [6, 6.07) is 0. The molecule has 0 radical (unpaired) electrons. The van der Waals surface area contributed by atoms with E-state index in [2.05, 4.69) is 16.2 Å². The van der Waals surface area contributed by atoms with E-state index < -0.39 is 30.2 Å². The lowest BCUT2D eigenvalue weighted by Crippen LogP contribution is -2.32. The molecule has 17 heavy (non-hydrogen) atoms. The van der Waals surface area contributed by atoms with Crippen LogP contribution in [-0.4, -0.2) is 35.4 Å². The predicted molar refractivity (Wildman–Crippen MR) is 53.0 cm³/mol. The predicted octanol–water partition coefficient (Wildman–Crippen LogP) is -0.287. The second-order valence-corrected chi connectivity index (χ2v) is 3.19. The van der Waals surface area contributed by atoms with Crippen LogP contribution in [0, 0.1) is 0 Å². The van der Waals surface area contributed by atoms with Crippen LogP contribution in [0.15, 0.2) is 12.7 Å². The molecule has 1 aliphatic rings. The molecule has 0 aliphatic carbocycles. The first-order valence-corrected chi connectivity index (χ1v) is 4.87. The molecule has 0 aromatic carbocycles. The molecule has 0 unspecified atom stereocenters. The fourth-order valence-corrected chi connectivity index (χ4v) is 1.11. The number of carbonyl (C=O) groups is 4. The molecule has 0 bridgehead atoms.